The lowest BCUT2D eigenvalue weighted by molar-refractivity contribution is 0.0650. The molecule has 0 aromatic heterocycles. The number of hydrogen-bond acceptors (Lipinski definition) is 3. The molecule has 5 heteroatoms. The minimum atomic E-state index is 0. The van der Waals surface area contributed by atoms with E-state index in [2.05, 4.69) is 4.74 Å². The molecule has 9 heavy (non-hydrogen) atoms. The molecule has 0 aliphatic carbocycles. The Morgan fingerprint density at radius 2 is 1.33 bits per heavy atom. The van der Waals surface area contributed by atoms with E-state index in [1.807, 2.05) is 0 Å². The summed E-state index contributed by atoms with van der Waals surface area (Å²) in [7, 11) is 0. The lowest BCUT2D eigenvalue weighted by Crippen LogP contribution is -2.03. The summed E-state index contributed by atoms with van der Waals surface area (Å²) in [6.07, 6.45) is 0. The Morgan fingerprint density at radius 3 is 1.56 bits per heavy atom. The largest absolute Gasteiger partial charge is 0.394 e. The summed E-state index contributed by atoms with van der Waals surface area (Å²) in [6, 6.07) is 0. The van der Waals surface area contributed by atoms with E-state index < -0.39 is 0 Å². The third kappa shape index (κ3) is 17.6. The second kappa shape index (κ2) is 16.0. The number of ether oxygens (including phenoxy) is 1. The second-order valence-corrected chi connectivity index (χ2v) is 1.06. The van der Waals surface area contributed by atoms with Crippen LogP contribution in [0.15, 0.2) is 0 Å². The first kappa shape index (κ1) is 16.5. The van der Waals surface area contributed by atoms with Crippen molar-refractivity contribution in [2.75, 3.05) is 26.4 Å². The van der Waals surface area contributed by atoms with Crippen LogP contribution in [0.3, 0.4) is 0 Å². The highest BCUT2D eigenvalue weighted by Crippen LogP contribution is 1.68. The quantitative estimate of drug-likeness (QED) is 0.397. The minimum absolute atomic E-state index is 0. The Hall–Kier alpha value is 0.936. The topological polar surface area (TPSA) is 49.7 Å². The summed E-state index contributed by atoms with van der Waals surface area (Å²) in [5.74, 6) is 0. The van der Waals surface area contributed by atoms with E-state index in [1.54, 1.807) is 0 Å². The number of hydrogen-bond donors (Lipinski definition) is 2. The molecule has 0 spiro atoms. The highest BCUT2D eigenvalue weighted by molar-refractivity contribution is 5.85. The Kier molecular flexibility index (Phi) is 29.3. The first-order valence-electron chi connectivity index (χ1n) is 2.21. The molecule has 0 saturated heterocycles. The molecule has 3 nitrogen and oxygen atoms in total. The third-order valence-electron chi connectivity index (χ3n) is 0.471. The average molecular weight is 169 g/mol. The molecular formula is C4H13ClMgO3. The fraction of sp³-hybridized carbons (Fsp3) is 1.00. The van der Waals surface area contributed by atoms with Crippen LogP contribution in [0.25, 0.3) is 0 Å². The van der Waals surface area contributed by atoms with Crippen molar-refractivity contribution in [3.05, 3.63) is 0 Å². The normalized spacial score (nSPS) is 7.33. The van der Waals surface area contributed by atoms with Gasteiger partial charge in [0, 0.05) is 0 Å². The molecule has 2 N–H and O–H groups in total. The minimum Gasteiger partial charge on any atom is -0.394 e. The highest BCUT2D eigenvalue weighted by Gasteiger charge is 1.79. The Morgan fingerprint density at radius 1 is 1.00 bits per heavy atom. The van der Waals surface area contributed by atoms with Crippen LogP contribution in [-0.4, -0.2) is 59.7 Å². The molecular weight excluding hydrogens is 156 g/mol. The molecule has 0 amide bonds. The Bertz CT molecular complexity index is 35.0. The second-order valence-electron chi connectivity index (χ2n) is 1.06. The van der Waals surface area contributed by atoms with Gasteiger partial charge in [0.2, 0.25) is 0 Å². The van der Waals surface area contributed by atoms with Crippen LogP contribution in [0.2, 0.25) is 0 Å². The van der Waals surface area contributed by atoms with Crippen molar-refractivity contribution in [2.45, 2.75) is 0 Å². The van der Waals surface area contributed by atoms with E-state index in [1.165, 1.54) is 0 Å². The Labute approximate surface area is 77.0 Å². The van der Waals surface area contributed by atoms with E-state index in [0.717, 1.165) is 0 Å². The zero-order valence-corrected chi connectivity index (χ0v) is 5.36. The van der Waals surface area contributed by atoms with Crippen molar-refractivity contribution >= 4 is 35.5 Å². The summed E-state index contributed by atoms with van der Waals surface area (Å²) in [4.78, 5) is 0. The van der Waals surface area contributed by atoms with Gasteiger partial charge < -0.3 is 14.9 Å². The van der Waals surface area contributed by atoms with Gasteiger partial charge in [-0.25, -0.2) is 0 Å². The van der Waals surface area contributed by atoms with Crippen molar-refractivity contribution in [3.63, 3.8) is 0 Å². The van der Waals surface area contributed by atoms with Gasteiger partial charge in [-0.15, -0.1) is 12.4 Å². The first-order chi connectivity index (χ1) is 3.41. The lowest BCUT2D eigenvalue weighted by Gasteiger charge is -1.94. The van der Waals surface area contributed by atoms with E-state index in [9.17, 15) is 0 Å². The third-order valence-corrected chi connectivity index (χ3v) is 0.471. The smallest absolute Gasteiger partial charge is 0.316 e. The van der Waals surface area contributed by atoms with Crippen molar-refractivity contribution in [3.8, 4) is 0 Å². The zero-order chi connectivity index (χ0) is 5.54. The van der Waals surface area contributed by atoms with Gasteiger partial charge in [0.05, 0.1) is 26.4 Å². The molecule has 0 heterocycles. The number of rotatable bonds is 4. The molecule has 0 atom stereocenters. The predicted octanol–water partition coefficient (Wildman–Crippen LogP) is -1.51. The predicted molar refractivity (Wildman–Crippen MR) is 40.8 cm³/mol. The molecule has 0 unspecified atom stereocenters. The van der Waals surface area contributed by atoms with Crippen molar-refractivity contribution in [1.29, 1.82) is 0 Å². The van der Waals surface area contributed by atoms with E-state index in [4.69, 9.17) is 10.2 Å². The highest BCUT2D eigenvalue weighted by atomic mass is 35.5. The van der Waals surface area contributed by atoms with Gasteiger partial charge in [0.25, 0.3) is 0 Å². The summed E-state index contributed by atoms with van der Waals surface area (Å²) in [6.45, 7) is 0.696. The van der Waals surface area contributed by atoms with Gasteiger partial charge in [0.1, 0.15) is 0 Å². The zero-order valence-electron chi connectivity index (χ0n) is 4.54. The molecule has 0 saturated carbocycles. The van der Waals surface area contributed by atoms with E-state index >= 15 is 0 Å². The van der Waals surface area contributed by atoms with Crippen molar-refractivity contribution < 1.29 is 14.9 Å². The fourth-order valence-corrected chi connectivity index (χ4v) is 0.231. The van der Waals surface area contributed by atoms with Crippen LogP contribution in [0.5, 0.6) is 0 Å². The molecule has 0 aliphatic rings. The fourth-order valence-electron chi connectivity index (χ4n) is 0.231. The van der Waals surface area contributed by atoms with Crippen LogP contribution in [-0.2, 0) is 4.74 Å². The molecule has 0 aromatic carbocycles. The molecule has 56 valence electrons. The number of aliphatic hydroxyl groups is 2. The van der Waals surface area contributed by atoms with Crippen molar-refractivity contribution in [2.24, 2.45) is 0 Å². The standard InChI is InChI=1S/C4H10O3.ClH.Mg.2H/c5-1-3-7-4-2-6;;;;/h5-6H,1-4H2;1H;;;. The van der Waals surface area contributed by atoms with Gasteiger partial charge in [-0.2, -0.15) is 0 Å². The summed E-state index contributed by atoms with van der Waals surface area (Å²) in [5, 5.41) is 16.2. The average Bonchev–Trinajstić information content (AvgIpc) is 1.69. The molecule has 0 aromatic rings. The molecule has 0 bridgehead atoms. The van der Waals surface area contributed by atoms with Crippen LogP contribution < -0.4 is 0 Å². The molecule has 0 radical (unpaired) electrons. The van der Waals surface area contributed by atoms with Gasteiger partial charge >= 0.3 is 23.1 Å². The number of aliphatic hydroxyl groups excluding tert-OH is 2. The van der Waals surface area contributed by atoms with Gasteiger partial charge in [0.15, 0.2) is 0 Å². The SMILES string of the molecule is Cl.OCCOCCO.[MgH2]. The van der Waals surface area contributed by atoms with E-state index in [0.29, 0.717) is 13.2 Å². The van der Waals surface area contributed by atoms with Gasteiger partial charge in [-0.3, -0.25) is 0 Å². The molecule has 0 aliphatic heterocycles. The molecule has 0 rings (SSSR count). The van der Waals surface area contributed by atoms with Gasteiger partial charge in [-0.1, -0.05) is 0 Å². The van der Waals surface area contributed by atoms with Crippen LogP contribution in [0, 0.1) is 0 Å². The maximum Gasteiger partial charge on any atom is 0.316 e. The summed E-state index contributed by atoms with van der Waals surface area (Å²) in [5.41, 5.74) is 0. The van der Waals surface area contributed by atoms with Gasteiger partial charge in [-0.05, 0) is 0 Å². The van der Waals surface area contributed by atoms with Crippen LogP contribution >= 0.6 is 12.4 Å². The monoisotopic (exact) mass is 168 g/mol. The Balaban J connectivity index is -0.000000180. The summed E-state index contributed by atoms with van der Waals surface area (Å²) < 4.78 is 4.63. The van der Waals surface area contributed by atoms with Crippen LogP contribution in [0.4, 0.5) is 0 Å². The van der Waals surface area contributed by atoms with Crippen LogP contribution in [0.1, 0.15) is 0 Å². The maximum atomic E-state index is 8.09. The summed E-state index contributed by atoms with van der Waals surface area (Å²) >= 11 is 0. The lowest BCUT2D eigenvalue weighted by atomic mass is 10.7. The first-order valence-corrected chi connectivity index (χ1v) is 2.21. The maximum absolute atomic E-state index is 8.09. The van der Waals surface area contributed by atoms with E-state index in [-0.39, 0.29) is 48.7 Å². The molecule has 0 fully saturated rings. The number of halogens is 1. The van der Waals surface area contributed by atoms with Crippen molar-refractivity contribution in [1.82, 2.24) is 0 Å².